The lowest BCUT2D eigenvalue weighted by atomic mass is 10.2. The van der Waals surface area contributed by atoms with Crippen LogP contribution in [-0.4, -0.2) is 14.3 Å². The zero-order valence-corrected chi connectivity index (χ0v) is 15.8. The van der Waals surface area contributed by atoms with Crippen LogP contribution in [0.2, 0.25) is 0 Å². The average molecular weight is 393 g/mol. The van der Waals surface area contributed by atoms with E-state index >= 15 is 0 Å². The highest BCUT2D eigenvalue weighted by Crippen LogP contribution is 2.34. The maximum Gasteiger partial charge on any atom is 0.269 e. The summed E-state index contributed by atoms with van der Waals surface area (Å²) in [6.07, 6.45) is 2.01. The van der Waals surface area contributed by atoms with Crippen molar-refractivity contribution in [2.24, 2.45) is 0 Å². The second-order valence-corrected chi connectivity index (χ2v) is 7.79. The first-order valence-corrected chi connectivity index (χ1v) is 10.1. The van der Waals surface area contributed by atoms with E-state index in [0.29, 0.717) is 0 Å². The minimum atomic E-state index is -0.390. The van der Waals surface area contributed by atoms with E-state index in [1.165, 1.54) is 29.5 Å². The van der Waals surface area contributed by atoms with Crippen LogP contribution in [0.4, 0.5) is 5.69 Å². The number of non-ortho nitro benzene ring substituents is 1. The molecule has 0 aliphatic heterocycles. The van der Waals surface area contributed by atoms with Crippen molar-refractivity contribution in [1.82, 2.24) is 9.38 Å². The summed E-state index contributed by atoms with van der Waals surface area (Å²) in [6, 6.07) is 22.9. The number of nitro groups is 1. The van der Waals surface area contributed by atoms with E-state index in [1.54, 1.807) is 23.9 Å². The highest BCUT2D eigenvalue weighted by molar-refractivity contribution is 7.99. The molecule has 7 heteroatoms. The molecule has 0 saturated heterocycles. The van der Waals surface area contributed by atoms with Crippen molar-refractivity contribution < 1.29 is 4.92 Å². The topological polar surface area (TPSA) is 60.4 Å². The fraction of sp³-hybridized carbons (Fsp3) is 0.0500. The number of nitrogens with zero attached hydrogens (tertiary/aromatic N) is 3. The summed E-state index contributed by atoms with van der Waals surface area (Å²) in [7, 11) is 0. The molecule has 2 aromatic carbocycles. The van der Waals surface area contributed by atoms with Gasteiger partial charge in [-0.3, -0.25) is 14.5 Å². The van der Waals surface area contributed by atoms with Gasteiger partial charge in [-0.25, -0.2) is 4.98 Å². The van der Waals surface area contributed by atoms with Crippen LogP contribution < -0.4 is 0 Å². The van der Waals surface area contributed by atoms with Crippen molar-refractivity contribution in [2.75, 3.05) is 0 Å². The highest BCUT2D eigenvalue weighted by Gasteiger charge is 2.13. The van der Waals surface area contributed by atoms with Crippen molar-refractivity contribution >= 4 is 34.7 Å². The molecule has 0 spiro atoms. The summed E-state index contributed by atoms with van der Waals surface area (Å²) in [5, 5.41) is 12.6. The number of fused-ring (bicyclic) bond motifs is 1. The zero-order chi connectivity index (χ0) is 18.6. The van der Waals surface area contributed by atoms with Crippen molar-refractivity contribution in [1.29, 1.82) is 0 Å². The second kappa shape index (κ2) is 7.85. The Labute approximate surface area is 164 Å². The van der Waals surface area contributed by atoms with E-state index in [1.807, 2.05) is 42.6 Å². The number of rotatable bonds is 6. The lowest BCUT2D eigenvalue weighted by Gasteiger charge is -2.01. The molecule has 5 nitrogen and oxygen atoms in total. The van der Waals surface area contributed by atoms with Gasteiger partial charge in [0, 0.05) is 29.0 Å². The van der Waals surface area contributed by atoms with E-state index in [4.69, 9.17) is 4.98 Å². The molecule has 134 valence electrons. The molecule has 0 saturated carbocycles. The maximum absolute atomic E-state index is 10.8. The van der Waals surface area contributed by atoms with Crippen molar-refractivity contribution in [3.05, 3.63) is 94.7 Å². The van der Waals surface area contributed by atoms with Crippen LogP contribution in [0.1, 0.15) is 5.56 Å². The molecular weight excluding hydrogens is 378 g/mol. The van der Waals surface area contributed by atoms with Gasteiger partial charge in [-0.2, -0.15) is 0 Å². The molecule has 0 aliphatic rings. The van der Waals surface area contributed by atoms with Gasteiger partial charge in [0.1, 0.15) is 5.03 Å². The fourth-order valence-corrected chi connectivity index (χ4v) is 4.53. The number of hydrogen-bond acceptors (Lipinski definition) is 5. The monoisotopic (exact) mass is 393 g/mol. The Kier molecular flexibility index (Phi) is 5.13. The van der Waals surface area contributed by atoms with Crippen molar-refractivity contribution in [3.63, 3.8) is 0 Å². The Morgan fingerprint density at radius 2 is 1.70 bits per heavy atom. The van der Waals surface area contributed by atoms with Crippen molar-refractivity contribution in [2.45, 2.75) is 20.8 Å². The Morgan fingerprint density at radius 3 is 2.44 bits per heavy atom. The van der Waals surface area contributed by atoms with Crippen LogP contribution in [0.15, 0.2) is 94.1 Å². The Balaban J connectivity index is 1.60. The second-order valence-electron chi connectivity index (χ2n) is 5.78. The molecule has 0 aliphatic carbocycles. The first-order valence-electron chi connectivity index (χ1n) is 8.27. The van der Waals surface area contributed by atoms with Gasteiger partial charge in [0.15, 0.2) is 5.16 Å². The van der Waals surface area contributed by atoms with Crippen LogP contribution >= 0.6 is 23.5 Å². The van der Waals surface area contributed by atoms with Gasteiger partial charge in [0.05, 0.1) is 10.4 Å². The summed E-state index contributed by atoms with van der Waals surface area (Å²) in [5.74, 6) is 0.844. The smallest absolute Gasteiger partial charge is 0.269 e. The number of thioether (sulfide) groups is 1. The number of pyridine rings is 1. The number of hydrogen-bond donors (Lipinski definition) is 0. The first-order chi connectivity index (χ1) is 13.2. The SMILES string of the molecule is O=[N+]([O-])c1ccc(Sc2nc(SCc3ccccc3)n3ccccc23)cc1. The third-order valence-corrected chi connectivity index (χ3v) is 5.98. The molecule has 0 bridgehead atoms. The van der Waals surface area contributed by atoms with E-state index in [0.717, 1.165) is 26.3 Å². The fourth-order valence-electron chi connectivity index (χ4n) is 2.63. The molecule has 0 atom stereocenters. The third kappa shape index (κ3) is 3.99. The molecule has 2 heterocycles. The summed E-state index contributed by atoms with van der Waals surface area (Å²) in [5.41, 5.74) is 2.37. The molecule has 2 aromatic heterocycles. The number of benzene rings is 2. The zero-order valence-electron chi connectivity index (χ0n) is 14.2. The van der Waals surface area contributed by atoms with Crippen LogP contribution in [0, 0.1) is 10.1 Å². The number of aromatic nitrogens is 2. The highest BCUT2D eigenvalue weighted by atomic mass is 32.2. The summed E-state index contributed by atoms with van der Waals surface area (Å²) in [6.45, 7) is 0. The third-order valence-electron chi connectivity index (χ3n) is 3.96. The normalized spacial score (nSPS) is 11.0. The summed E-state index contributed by atoms with van der Waals surface area (Å²) in [4.78, 5) is 16.2. The van der Waals surface area contributed by atoms with Gasteiger partial charge in [0.25, 0.3) is 5.69 Å². The van der Waals surface area contributed by atoms with E-state index < -0.39 is 4.92 Å². The van der Waals surface area contributed by atoms with Crippen LogP contribution in [-0.2, 0) is 5.75 Å². The molecule has 0 unspecified atom stereocenters. The summed E-state index contributed by atoms with van der Waals surface area (Å²) >= 11 is 3.20. The number of imidazole rings is 1. The van der Waals surface area contributed by atoms with Crippen LogP contribution in [0.3, 0.4) is 0 Å². The molecule has 4 aromatic rings. The minimum absolute atomic E-state index is 0.0909. The van der Waals surface area contributed by atoms with Gasteiger partial charge >= 0.3 is 0 Å². The van der Waals surface area contributed by atoms with Crippen LogP contribution in [0.25, 0.3) is 5.52 Å². The van der Waals surface area contributed by atoms with E-state index in [2.05, 4.69) is 16.5 Å². The molecule has 0 N–H and O–H groups in total. The van der Waals surface area contributed by atoms with E-state index in [9.17, 15) is 10.1 Å². The molecule has 0 radical (unpaired) electrons. The average Bonchev–Trinajstić information content (AvgIpc) is 3.05. The standard InChI is InChI=1S/C20H15N3O2S2/c24-23(25)16-9-11-17(12-10-16)27-19-18-8-4-5-13-22(18)20(21-19)26-14-15-6-2-1-3-7-15/h1-13H,14H2. The van der Waals surface area contributed by atoms with Gasteiger partial charge in [0.2, 0.25) is 0 Å². The Bertz CT molecular complexity index is 1080. The first kappa shape index (κ1) is 17.6. The van der Waals surface area contributed by atoms with E-state index in [-0.39, 0.29) is 5.69 Å². The van der Waals surface area contributed by atoms with Gasteiger partial charge in [-0.05, 0) is 29.8 Å². The Morgan fingerprint density at radius 1 is 0.963 bits per heavy atom. The molecule has 0 amide bonds. The lowest BCUT2D eigenvalue weighted by molar-refractivity contribution is -0.384. The van der Waals surface area contributed by atoms with Gasteiger partial charge < -0.3 is 0 Å². The van der Waals surface area contributed by atoms with Crippen molar-refractivity contribution in [3.8, 4) is 0 Å². The minimum Gasteiger partial charge on any atom is -0.294 e. The molecule has 0 fully saturated rings. The molecule has 4 rings (SSSR count). The number of nitro benzene ring substituents is 1. The predicted octanol–water partition coefficient (Wildman–Crippen LogP) is 5.69. The van der Waals surface area contributed by atoms with Gasteiger partial charge in [-0.15, -0.1) is 0 Å². The Hall–Kier alpha value is -2.77. The van der Waals surface area contributed by atoms with Crippen LogP contribution in [0.5, 0.6) is 0 Å². The predicted molar refractivity (Wildman–Crippen MR) is 108 cm³/mol. The molecular formula is C20H15N3O2S2. The lowest BCUT2D eigenvalue weighted by Crippen LogP contribution is -1.87. The summed E-state index contributed by atoms with van der Waals surface area (Å²) < 4.78 is 2.08. The van der Waals surface area contributed by atoms with Gasteiger partial charge in [-0.1, -0.05) is 59.9 Å². The quantitative estimate of drug-likeness (QED) is 0.239. The largest absolute Gasteiger partial charge is 0.294 e. The molecule has 27 heavy (non-hydrogen) atoms. The maximum atomic E-state index is 10.8.